The van der Waals surface area contributed by atoms with Crippen LogP contribution < -0.4 is 14.8 Å². The van der Waals surface area contributed by atoms with Gasteiger partial charge in [0.1, 0.15) is 0 Å². The van der Waals surface area contributed by atoms with Crippen LogP contribution in [0.5, 0.6) is 11.5 Å². The van der Waals surface area contributed by atoms with E-state index in [0.717, 1.165) is 32.5 Å². The predicted molar refractivity (Wildman–Crippen MR) is 82.4 cm³/mol. The van der Waals surface area contributed by atoms with E-state index in [1.807, 2.05) is 11.9 Å². The first-order valence-corrected chi connectivity index (χ1v) is 7.10. The van der Waals surface area contributed by atoms with Crippen molar-refractivity contribution in [3.05, 3.63) is 23.8 Å². The molecule has 21 heavy (non-hydrogen) atoms. The highest BCUT2D eigenvalue weighted by Crippen LogP contribution is 2.32. The van der Waals surface area contributed by atoms with E-state index in [-0.39, 0.29) is 25.1 Å². The second-order valence-electron chi connectivity index (χ2n) is 5.45. The van der Waals surface area contributed by atoms with Crippen molar-refractivity contribution < 1.29 is 14.3 Å². The molecule has 3 rings (SSSR count). The molecule has 1 saturated heterocycles. The van der Waals surface area contributed by atoms with Gasteiger partial charge in [0.05, 0.1) is 0 Å². The maximum atomic E-state index is 12.4. The quantitative estimate of drug-likeness (QED) is 0.926. The third-order valence-electron chi connectivity index (χ3n) is 3.96. The van der Waals surface area contributed by atoms with Crippen LogP contribution in [0, 0.1) is 5.92 Å². The largest absolute Gasteiger partial charge is 0.454 e. The molecule has 6 heteroatoms. The van der Waals surface area contributed by atoms with Crippen molar-refractivity contribution in [3.8, 4) is 11.5 Å². The Morgan fingerprint density at radius 2 is 2.00 bits per heavy atom. The minimum Gasteiger partial charge on any atom is -0.454 e. The summed E-state index contributed by atoms with van der Waals surface area (Å²) in [6, 6.07) is 5.37. The molecule has 0 aliphatic carbocycles. The SMILES string of the molecule is CN(CC1CCNCC1)C(=O)c1ccc2c(c1)OCO2.Cl. The molecule has 2 heterocycles. The highest BCUT2D eigenvalue weighted by atomic mass is 35.5. The van der Waals surface area contributed by atoms with Gasteiger partial charge in [-0.2, -0.15) is 0 Å². The van der Waals surface area contributed by atoms with Crippen molar-refractivity contribution in [2.24, 2.45) is 5.92 Å². The van der Waals surface area contributed by atoms with Crippen LogP contribution in [0.3, 0.4) is 0 Å². The topological polar surface area (TPSA) is 50.8 Å². The first-order valence-electron chi connectivity index (χ1n) is 7.10. The summed E-state index contributed by atoms with van der Waals surface area (Å²) >= 11 is 0. The highest BCUT2D eigenvalue weighted by Gasteiger charge is 2.21. The van der Waals surface area contributed by atoms with Crippen LogP contribution in [0.2, 0.25) is 0 Å². The van der Waals surface area contributed by atoms with E-state index in [1.165, 1.54) is 0 Å². The van der Waals surface area contributed by atoms with Crippen LogP contribution in [0.15, 0.2) is 18.2 Å². The van der Waals surface area contributed by atoms with Gasteiger partial charge in [-0.05, 0) is 50.0 Å². The number of carbonyl (C=O) groups is 1. The number of ether oxygens (including phenoxy) is 2. The molecule has 0 unspecified atom stereocenters. The van der Waals surface area contributed by atoms with Crippen LogP contribution in [0.1, 0.15) is 23.2 Å². The van der Waals surface area contributed by atoms with Gasteiger partial charge in [0.25, 0.3) is 5.91 Å². The fraction of sp³-hybridized carbons (Fsp3) is 0.533. The average Bonchev–Trinajstić information content (AvgIpc) is 2.94. The maximum Gasteiger partial charge on any atom is 0.253 e. The van der Waals surface area contributed by atoms with Crippen LogP contribution in [0.25, 0.3) is 0 Å². The lowest BCUT2D eigenvalue weighted by Gasteiger charge is -2.27. The third kappa shape index (κ3) is 3.60. The summed E-state index contributed by atoms with van der Waals surface area (Å²) in [5.74, 6) is 2.01. The van der Waals surface area contributed by atoms with E-state index in [2.05, 4.69) is 5.32 Å². The molecule has 116 valence electrons. The molecule has 0 bridgehead atoms. The number of hydrogen-bond donors (Lipinski definition) is 1. The Balaban J connectivity index is 0.00000161. The first kappa shape index (κ1) is 15.9. The van der Waals surface area contributed by atoms with Gasteiger partial charge >= 0.3 is 0 Å². The highest BCUT2D eigenvalue weighted by molar-refractivity contribution is 5.94. The lowest BCUT2D eigenvalue weighted by molar-refractivity contribution is 0.0762. The second-order valence-corrected chi connectivity index (χ2v) is 5.45. The number of nitrogens with zero attached hydrogens (tertiary/aromatic N) is 1. The smallest absolute Gasteiger partial charge is 0.253 e. The average molecular weight is 313 g/mol. The molecule has 0 saturated carbocycles. The standard InChI is InChI=1S/C15H20N2O3.ClH/c1-17(9-11-4-6-16-7-5-11)15(18)12-2-3-13-14(8-12)20-10-19-13;/h2-3,8,11,16H,4-7,9-10H2,1H3;1H. The molecule has 0 radical (unpaired) electrons. The van der Waals surface area contributed by atoms with Crippen LogP contribution in [-0.2, 0) is 0 Å². The lowest BCUT2D eigenvalue weighted by Crippen LogP contribution is -2.37. The maximum absolute atomic E-state index is 12.4. The Labute approximate surface area is 131 Å². The van der Waals surface area contributed by atoms with E-state index in [9.17, 15) is 4.79 Å². The van der Waals surface area contributed by atoms with Gasteiger partial charge in [0.15, 0.2) is 11.5 Å². The van der Waals surface area contributed by atoms with Crippen molar-refractivity contribution in [1.82, 2.24) is 10.2 Å². The van der Waals surface area contributed by atoms with Crippen LogP contribution in [0.4, 0.5) is 0 Å². The van der Waals surface area contributed by atoms with E-state index in [0.29, 0.717) is 23.0 Å². The number of halogens is 1. The number of piperidine rings is 1. The molecule has 5 nitrogen and oxygen atoms in total. The van der Waals surface area contributed by atoms with Crippen LogP contribution in [-0.4, -0.2) is 44.3 Å². The Bertz CT molecular complexity index is 504. The summed E-state index contributed by atoms with van der Waals surface area (Å²) in [7, 11) is 1.87. The Morgan fingerprint density at radius 1 is 1.29 bits per heavy atom. The first-order chi connectivity index (χ1) is 9.74. The zero-order valence-corrected chi connectivity index (χ0v) is 12.9. The Hall–Kier alpha value is -1.46. The fourth-order valence-corrected chi connectivity index (χ4v) is 2.78. The van der Waals surface area contributed by atoms with Gasteiger partial charge in [0.2, 0.25) is 6.79 Å². The number of fused-ring (bicyclic) bond motifs is 1. The van der Waals surface area contributed by atoms with Crippen LogP contribution >= 0.6 is 12.4 Å². The van der Waals surface area contributed by atoms with Crippen molar-refractivity contribution in [2.75, 3.05) is 33.5 Å². The zero-order valence-electron chi connectivity index (χ0n) is 12.1. The number of amides is 1. The molecule has 0 aromatic heterocycles. The van der Waals surface area contributed by atoms with Gasteiger partial charge < -0.3 is 19.7 Å². The molecular weight excluding hydrogens is 292 g/mol. The van der Waals surface area contributed by atoms with E-state index in [1.54, 1.807) is 18.2 Å². The summed E-state index contributed by atoms with van der Waals surface area (Å²) in [5, 5.41) is 3.34. The van der Waals surface area contributed by atoms with E-state index in [4.69, 9.17) is 9.47 Å². The number of benzene rings is 1. The third-order valence-corrected chi connectivity index (χ3v) is 3.96. The summed E-state index contributed by atoms with van der Waals surface area (Å²) in [6.07, 6.45) is 2.28. The van der Waals surface area contributed by atoms with Gasteiger partial charge in [-0.25, -0.2) is 0 Å². The van der Waals surface area contributed by atoms with Crippen molar-refractivity contribution >= 4 is 18.3 Å². The number of carbonyl (C=O) groups excluding carboxylic acids is 1. The monoisotopic (exact) mass is 312 g/mol. The number of nitrogens with one attached hydrogen (secondary N) is 1. The fourth-order valence-electron chi connectivity index (χ4n) is 2.78. The second kappa shape index (κ2) is 7.00. The molecule has 1 aromatic carbocycles. The Morgan fingerprint density at radius 3 is 2.76 bits per heavy atom. The normalized spacial score (nSPS) is 17.2. The summed E-state index contributed by atoms with van der Waals surface area (Å²) < 4.78 is 10.6. The summed E-state index contributed by atoms with van der Waals surface area (Å²) in [6.45, 7) is 3.15. The molecular formula is C15H21ClN2O3. The Kier molecular flexibility index (Phi) is 5.31. The summed E-state index contributed by atoms with van der Waals surface area (Å²) in [5.41, 5.74) is 0.658. The molecule has 1 fully saturated rings. The lowest BCUT2D eigenvalue weighted by atomic mass is 9.97. The molecule has 2 aliphatic heterocycles. The van der Waals surface area contributed by atoms with Gasteiger partial charge in [-0.1, -0.05) is 0 Å². The van der Waals surface area contributed by atoms with Gasteiger partial charge in [-0.15, -0.1) is 12.4 Å². The minimum absolute atomic E-state index is 0. The minimum atomic E-state index is 0. The number of hydrogen-bond acceptors (Lipinski definition) is 4. The van der Waals surface area contributed by atoms with E-state index < -0.39 is 0 Å². The molecule has 1 amide bonds. The molecule has 2 aliphatic rings. The van der Waals surface area contributed by atoms with Crippen molar-refractivity contribution in [2.45, 2.75) is 12.8 Å². The predicted octanol–water partition coefficient (Wildman–Crippen LogP) is 1.91. The van der Waals surface area contributed by atoms with Gasteiger partial charge in [-0.3, -0.25) is 4.79 Å². The number of rotatable bonds is 3. The van der Waals surface area contributed by atoms with Gasteiger partial charge in [0, 0.05) is 19.2 Å². The molecule has 1 N–H and O–H groups in total. The molecule has 0 spiro atoms. The summed E-state index contributed by atoms with van der Waals surface area (Å²) in [4.78, 5) is 14.2. The molecule has 1 aromatic rings. The van der Waals surface area contributed by atoms with Crippen molar-refractivity contribution in [1.29, 1.82) is 0 Å². The molecule has 0 atom stereocenters. The van der Waals surface area contributed by atoms with Crippen molar-refractivity contribution in [3.63, 3.8) is 0 Å². The zero-order chi connectivity index (χ0) is 13.9. The van der Waals surface area contributed by atoms with E-state index >= 15 is 0 Å².